The zero-order chi connectivity index (χ0) is 32.8. The van der Waals surface area contributed by atoms with Gasteiger partial charge in [-0.1, -0.05) is 43.2 Å². The number of amides is 3. The van der Waals surface area contributed by atoms with E-state index in [1.54, 1.807) is 27.0 Å². The molecule has 1 aliphatic heterocycles. The van der Waals surface area contributed by atoms with Crippen LogP contribution in [0.2, 0.25) is 0 Å². The van der Waals surface area contributed by atoms with Gasteiger partial charge in [0.1, 0.15) is 29.3 Å². The lowest BCUT2D eigenvalue weighted by atomic mass is 10.0. The maximum absolute atomic E-state index is 14.2. The van der Waals surface area contributed by atoms with Crippen LogP contribution < -0.4 is 15.4 Å². The van der Waals surface area contributed by atoms with Gasteiger partial charge in [-0.15, -0.1) is 13.2 Å². The minimum Gasteiger partial charge on any atom is -0.479 e. The third-order valence-electron chi connectivity index (χ3n) is 8.18. The summed E-state index contributed by atoms with van der Waals surface area (Å²) in [5.74, 6) is -2.29. The second kappa shape index (κ2) is 14.1. The van der Waals surface area contributed by atoms with Crippen molar-refractivity contribution >= 4 is 34.6 Å². The summed E-state index contributed by atoms with van der Waals surface area (Å²) >= 11 is 0. The van der Waals surface area contributed by atoms with Crippen molar-refractivity contribution in [2.75, 3.05) is 6.54 Å². The molecule has 2 heterocycles. The zero-order valence-electron chi connectivity index (χ0n) is 26.3. The number of aliphatic carboxylic acids is 1. The van der Waals surface area contributed by atoms with Crippen molar-refractivity contribution in [2.24, 2.45) is 5.92 Å². The molecule has 242 valence electrons. The molecule has 0 bridgehead atoms. The first-order valence-corrected chi connectivity index (χ1v) is 15.5. The number of nitrogens with zero attached hydrogens (tertiary/aromatic N) is 2. The fraction of sp³-hybridized carbons (Fsp3) is 0.500. The molecule has 2 fully saturated rings. The molecule has 1 saturated heterocycles. The van der Waals surface area contributed by atoms with E-state index in [2.05, 4.69) is 28.8 Å². The number of allylic oxidation sites excluding steroid dienone is 1. The van der Waals surface area contributed by atoms with E-state index in [9.17, 15) is 24.3 Å². The summed E-state index contributed by atoms with van der Waals surface area (Å²) in [6.07, 6.45) is 7.46. The molecule has 1 aromatic heterocycles. The highest BCUT2D eigenvalue weighted by molar-refractivity contribution is 5.96. The van der Waals surface area contributed by atoms with Gasteiger partial charge in [0.25, 0.3) is 0 Å². The Hall–Kier alpha value is -4.41. The first-order chi connectivity index (χ1) is 21.4. The van der Waals surface area contributed by atoms with Crippen LogP contribution in [0.5, 0.6) is 5.88 Å². The molecule has 2 aliphatic rings. The molecule has 0 spiro atoms. The highest BCUT2D eigenvalue weighted by Gasteiger charge is 2.61. The number of ether oxygens (including phenoxy) is 2. The van der Waals surface area contributed by atoms with Crippen LogP contribution in [-0.4, -0.2) is 74.7 Å². The molecule has 2 aromatic rings. The molecule has 1 saturated carbocycles. The van der Waals surface area contributed by atoms with E-state index in [0.29, 0.717) is 18.7 Å². The fourth-order valence-electron chi connectivity index (χ4n) is 5.76. The Morgan fingerprint density at radius 3 is 2.58 bits per heavy atom. The Bertz CT molecular complexity index is 1430. The summed E-state index contributed by atoms with van der Waals surface area (Å²) in [4.78, 5) is 58.7. The van der Waals surface area contributed by atoms with Gasteiger partial charge in [-0.05, 0) is 64.0 Å². The third-order valence-corrected chi connectivity index (χ3v) is 8.18. The van der Waals surface area contributed by atoms with Crippen LogP contribution in [0.25, 0.3) is 10.8 Å². The number of carboxylic acids is 1. The van der Waals surface area contributed by atoms with Gasteiger partial charge in [0.2, 0.25) is 17.7 Å². The lowest BCUT2D eigenvalue weighted by Gasteiger charge is -2.30. The lowest BCUT2D eigenvalue weighted by molar-refractivity contribution is -0.145. The number of likely N-dealkylation sites (tertiary alicyclic amines) is 1. The molecule has 45 heavy (non-hydrogen) atoms. The van der Waals surface area contributed by atoms with Gasteiger partial charge in [-0.3, -0.25) is 9.59 Å². The van der Waals surface area contributed by atoms with Crippen molar-refractivity contribution in [3.63, 3.8) is 0 Å². The number of nitrogens with one attached hydrogen (secondary N) is 2. The van der Waals surface area contributed by atoms with E-state index >= 15 is 0 Å². The summed E-state index contributed by atoms with van der Waals surface area (Å²) in [6.45, 7) is 12.7. The van der Waals surface area contributed by atoms with Crippen LogP contribution in [0.3, 0.4) is 0 Å². The number of pyridine rings is 1. The van der Waals surface area contributed by atoms with Crippen molar-refractivity contribution in [1.29, 1.82) is 0 Å². The van der Waals surface area contributed by atoms with Crippen molar-refractivity contribution in [3.8, 4) is 5.88 Å². The quantitative estimate of drug-likeness (QED) is 0.202. The van der Waals surface area contributed by atoms with Gasteiger partial charge in [0, 0.05) is 23.9 Å². The van der Waals surface area contributed by atoms with Crippen molar-refractivity contribution in [3.05, 3.63) is 61.8 Å². The van der Waals surface area contributed by atoms with Crippen LogP contribution in [0.1, 0.15) is 65.7 Å². The largest absolute Gasteiger partial charge is 0.479 e. The van der Waals surface area contributed by atoms with E-state index in [1.165, 1.54) is 11.0 Å². The number of rotatable bonds is 14. The van der Waals surface area contributed by atoms with Gasteiger partial charge < -0.3 is 30.1 Å². The molecule has 3 N–H and O–H groups in total. The molecule has 11 heteroatoms. The minimum absolute atomic E-state index is 0.0374. The molecule has 5 unspecified atom stereocenters. The third kappa shape index (κ3) is 8.20. The topological polar surface area (TPSA) is 147 Å². The number of carbonyl (C=O) groups is 4. The Balaban J connectivity index is 1.60. The Morgan fingerprint density at radius 1 is 1.16 bits per heavy atom. The fourth-order valence-corrected chi connectivity index (χ4v) is 5.76. The van der Waals surface area contributed by atoms with E-state index in [0.717, 1.165) is 30.0 Å². The Morgan fingerprint density at radius 2 is 1.91 bits per heavy atom. The SMILES string of the molecule is C=CCCCCCC(NC(=O)OC(C)(C)C)C(=O)N1CC(Oc2nccc3ccccc23)CC1C(=O)NC1(C(=O)O)CC1C=C. The highest BCUT2D eigenvalue weighted by atomic mass is 16.6. The monoisotopic (exact) mass is 620 g/mol. The van der Waals surface area contributed by atoms with E-state index in [1.807, 2.05) is 36.4 Å². The van der Waals surface area contributed by atoms with Gasteiger partial charge in [0.15, 0.2) is 0 Å². The normalized spacial score (nSPS) is 23.1. The smallest absolute Gasteiger partial charge is 0.408 e. The molecular weight excluding hydrogens is 576 g/mol. The average molecular weight is 621 g/mol. The van der Waals surface area contributed by atoms with E-state index in [-0.39, 0.29) is 19.4 Å². The van der Waals surface area contributed by atoms with Crippen LogP contribution in [-0.2, 0) is 19.1 Å². The number of unbranched alkanes of at least 4 members (excludes halogenated alkanes) is 3. The van der Waals surface area contributed by atoms with Crippen LogP contribution >= 0.6 is 0 Å². The predicted molar refractivity (Wildman–Crippen MR) is 170 cm³/mol. The number of hydrogen-bond acceptors (Lipinski definition) is 7. The molecule has 1 aliphatic carbocycles. The second-order valence-electron chi connectivity index (χ2n) is 12.8. The molecule has 11 nitrogen and oxygen atoms in total. The maximum Gasteiger partial charge on any atom is 0.408 e. The predicted octanol–water partition coefficient (Wildman–Crippen LogP) is 4.76. The van der Waals surface area contributed by atoms with Gasteiger partial charge in [-0.25, -0.2) is 14.6 Å². The number of carbonyl (C=O) groups excluding carboxylic acids is 3. The molecule has 3 amide bonds. The van der Waals surface area contributed by atoms with Gasteiger partial charge in [0.05, 0.1) is 6.54 Å². The number of aromatic nitrogens is 1. The van der Waals surface area contributed by atoms with Crippen molar-refractivity contribution < 1.29 is 33.8 Å². The minimum atomic E-state index is -1.47. The Kier molecular flexibility index (Phi) is 10.5. The summed E-state index contributed by atoms with van der Waals surface area (Å²) in [5, 5.41) is 17.0. The van der Waals surface area contributed by atoms with Crippen LogP contribution in [0.15, 0.2) is 61.8 Å². The summed E-state index contributed by atoms with van der Waals surface area (Å²) in [5.41, 5.74) is -2.25. The number of hydrogen-bond donors (Lipinski definition) is 3. The zero-order valence-corrected chi connectivity index (χ0v) is 26.3. The van der Waals surface area contributed by atoms with Crippen LogP contribution in [0, 0.1) is 5.92 Å². The molecule has 4 rings (SSSR count). The van der Waals surface area contributed by atoms with E-state index < -0.39 is 59.1 Å². The molecule has 5 atom stereocenters. The molecular formula is C34H44N4O7. The van der Waals surface area contributed by atoms with Crippen LogP contribution in [0.4, 0.5) is 4.79 Å². The van der Waals surface area contributed by atoms with Crippen molar-refractivity contribution in [2.45, 2.75) is 95.0 Å². The highest BCUT2D eigenvalue weighted by Crippen LogP contribution is 2.45. The summed E-state index contributed by atoms with van der Waals surface area (Å²) < 4.78 is 11.7. The van der Waals surface area contributed by atoms with Gasteiger partial charge in [-0.2, -0.15) is 0 Å². The van der Waals surface area contributed by atoms with Crippen molar-refractivity contribution in [1.82, 2.24) is 20.5 Å². The average Bonchev–Trinajstić information content (AvgIpc) is 3.55. The second-order valence-corrected chi connectivity index (χ2v) is 12.8. The van der Waals surface area contributed by atoms with Gasteiger partial charge >= 0.3 is 12.1 Å². The number of alkyl carbamates (subject to hydrolysis) is 1. The number of carboxylic acid groups (broad SMARTS) is 1. The number of benzene rings is 1. The maximum atomic E-state index is 14.2. The Labute approximate surface area is 264 Å². The standard InChI is InChI=1S/C34H44N4O7/c1-6-8-9-10-11-16-26(36-32(43)45-33(3,4)5)30(40)38-21-24(44-29-25-15-13-12-14-22(25)17-18-35-29)19-27(38)28(39)37-34(31(41)42)20-23(34)7-2/h6-7,12-15,17-18,23-24,26-27H,1-2,8-11,16,19-21H2,3-5H3,(H,36,43)(H,37,39)(H,41,42). The lowest BCUT2D eigenvalue weighted by Crippen LogP contribution is -2.56. The molecule has 0 radical (unpaired) electrons. The first-order valence-electron chi connectivity index (χ1n) is 15.5. The number of fused-ring (bicyclic) bond motifs is 1. The molecule has 1 aromatic carbocycles. The summed E-state index contributed by atoms with van der Waals surface area (Å²) in [7, 11) is 0. The first kappa shape index (κ1) is 33.5. The summed E-state index contributed by atoms with van der Waals surface area (Å²) in [6, 6.07) is 7.45. The van der Waals surface area contributed by atoms with E-state index in [4.69, 9.17) is 9.47 Å².